The standard InChI is InChI=1S/C19H22ClN3O2/c1-12(2)18(13-3-7-15(20)8-4-13)22-11-17(24)23-16-9-5-14(6-10-16)19(21)25/h3-10,12,18,22H,11H2,1-2H3,(H2,21,25)(H,23,24)/t18-/m1/s1. The molecule has 4 N–H and O–H groups in total. The SMILES string of the molecule is CC(C)[C@@H](NCC(=O)Nc1ccc(C(N)=O)cc1)c1ccc(Cl)cc1. The Balaban J connectivity index is 1.94. The summed E-state index contributed by atoms with van der Waals surface area (Å²) in [6.07, 6.45) is 0. The molecule has 0 aliphatic rings. The van der Waals surface area contributed by atoms with Crippen molar-refractivity contribution in [1.29, 1.82) is 0 Å². The minimum Gasteiger partial charge on any atom is -0.366 e. The molecule has 1 atom stereocenters. The van der Waals surface area contributed by atoms with E-state index >= 15 is 0 Å². The lowest BCUT2D eigenvalue weighted by Gasteiger charge is -2.23. The maximum Gasteiger partial charge on any atom is 0.248 e. The van der Waals surface area contributed by atoms with Gasteiger partial charge in [-0.15, -0.1) is 0 Å². The van der Waals surface area contributed by atoms with Crippen molar-refractivity contribution in [2.45, 2.75) is 19.9 Å². The number of carbonyl (C=O) groups excluding carboxylic acids is 2. The molecule has 0 saturated heterocycles. The lowest BCUT2D eigenvalue weighted by molar-refractivity contribution is -0.115. The average Bonchev–Trinajstić information content (AvgIpc) is 2.57. The van der Waals surface area contributed by atoms with Gasteiger partial charge in [0.15, 0.2) is 0 Å². The summed E-state index contributed by atoms with van der Waals surface area (Å²) < 4.78 is 0. The Kier molecular flexibility index (Phi) is 6.56. The Morgan fingerprint density at radius 1 is 1.04 bits per heavy atom. The second-order valence-electron chi connectivity index (χ2n) is 6.14. The molecular weight excluding hydrogens is 338 g/mol. The van der Waals surface area contributed by atoms with Crippen LogP contribution < -0.4 is 16.4 Å². The van der Waals surface area contributed by atoms with Gasteiger partial charge in [0.25, 0.3) is 0 Å². The third-order valence-electron chi connectivity index (χ3n) is 3.83. The Labute approximate surface area is 152 Å². The van der Waals surface area contributed by atoms with E-state index in [1.807, 2.05) is 24.3 Å². The highest BCUT2D eigenvalue weighted by molar-refractivity contribution is 6.30. The van der Waals surface area contributed by atoms with Gasteiger partial charge in [0.05, 0.1) is 6.54 Å². The normalized spacial score (nSPS) is 12.0. The van der Waals surface area contributed by atoms with Crippen molar-refractivity contribution >= 4 is 29.1 Å². The number of hydrogen-bond donors (Lipinski definition) is 3. The summed E-state index contributed by atoms with van der Waals surface area (Å²) in [7, 11) is 0. The van der Waals surface area contributed by atoms with E-state index in [2.05, 4.69) is 24.5 Å². The Bertz CT molecular complexity index is 727. The fourth-order valence-corrected chi connectivity index (χ4v) is 2.66. The molecule has 25 heavy (non-hydrogen) atoms. The molecule has 0 aliphatic carbocycles. The molecule has 0 aromatic heterocycles. The number of amides is 2. The Morgan fingerprint density at radius 2 is 1.64 bits per heavy atom. The average molecular weight is 360 g/mol. The summed E-state index contributed by atoms with van der Waals surface area (Å²) in [6, 6.07) is 14.1. The second-order valence-corrected chi connectivity index (χ2v) is 6.58. The van der Waals surface area contributed by atoms with Gasteiger partial charge in [-0.3, -0.25) is 9.59 Å². The van der Waals surface area contributed by atoms with Gasteiger partial charge in [-0.2, -0.15) is 0 Å². The summed E-state index contributed by atoms with van der Waals surface area (Å²) >= 11 is 5.93. The zero-order valence-corrected chi connectivity index (χ0v) is 15.0. The van der Waals surface area contributed by atoms with Gasteiger partial charge in [-0.25, -0.2) is 0 Å². The molecule has 2 amide bonds. The van der Waals surface area contributed by atoms with E-state index in [0.717, 1.165) is 5.56 Å². The first-order valence-electron chi connectivity index (χ1n) is 8.05. The number of primary amides is 1. The first-order chi connectivity index (χ1) is 11.9. The molecule has 2 aromatic carbocycles. The number of hydrogen-bond acceptors (Lipinski definition) is 3. The van der Waals surface area contributed by atoms with Crippen LogP contribution in [0, 0.1) is 5.92 Å². The number of anilines is 1. The van der Waals surface area contributed by atoms with Crippen LogP contribution in [0.3, 0.4) is 0 Å². The summed E-state index contributed by atoms with van der Waals surface area (Å²) in [5.74, 6) is -0.349. The summed E-state index contributed by atoms with van der Waals surface area (Å²) in [5.41, 5.74) is 7.29. The van der Waals surface area contributed by atoms with Gasteiger partial charge in [0.2, 0.25) is 11.8 Å². The van der Waals surface area contributed by atoms with Crippen LogP contribution in [-0.2, 0) is 4.79 Å². The quantitative estimate of drug-likeness (QED) is 0.708. The fourth-order valence-electron chi connectivity index (χ4n) is 2.53. The lowest BCUT2D eigenvalue weighted by atomic mass is 9.96. The molecule has 0 aliphatic heterocycles. The highest BCUT2D eigenvalue weighted by Gasteiger charge is 2.16. The van der Waals surface area contributed by atoms with Gasteiger partial charge in [-0.05, 0) is 47.9 Å². The predicted molar refractivity (Wildman–Crippen MR) is 101 cm³/mol. The molecule has 0 fully saturated rings. The molecule has 6 heteroatoms. The number of halogens is 1. The van der Waals surface area contributed by atoms with Gasteiger partial charge in [0.1, 0.15) is 0 Å². The van der Waals surface area contributed by atoms with E-state index in [9.17, 15) is 9.59 Å². The van der Waals surface area contributed by atoms with E-state index in [1.54, 1.807) is 24.3 Å². The molecule has 2 aromatic rings. The highest BCUT2D eigenvalue weighted by Crippen LogP contribution is 2.23. The molecule has 0 heterocycles. The first kappa shape index (κ1) is 19.0. The van der Waals surface area contributed by atoms with Crippen molar-refractivity contribution in [3.05, 3.63) is 64.7 Å². The summed E-state index contributed by atoms with van der Waals surface area (Å²) in [5, 5.41) is 6.75. The lowest BCUT2D eigenvalue weighted by Crippen LogP contribution is -2.33. The van der Waals surface area contributed by atoms with Crippen LogP contribution >= 0.6 is 11.6 Å². The van der Waals surface area contributed by atoms with Crippen molar-refractivity contribution in [3.8, 4) is 0 Å². The summed E-state index contributed by atoms with van der Waals surface area (Å²) in [4.78, 5) is 23.2. The number of rotatable bonds is 7. The minimum absolute atomic E-state index is 0.0419. The molecule has 2 rings (SSSR count). The summed E-state index contributed by atoms with van der Waals surface area (Å²) in [6.45, 7) is 4.35. The number of nitrogens with one attached hydrogen (secondary N) is 2. The largest absolute Gasteiger partial charge is 0.366 e. The van der Waals surface area contributed by atoms with Crippen LogP contribution in [0.5, 0.6) is 0 Å². The fraction of sp³-hybridized carbons (Fsp3) is 0.263. The van der Waals surface area contributed by atoms with Gasteiger partial charge >= 0.3 is 0 Å². The number of carbonyl (C=O) groups is 2. The van der Waals surface area contributed by atoms with Crippen LogP contribution in [0.2, 0.25) is 5.02 Å². The van der Waals surface area contributed by atoms with Crippen LogP contribution in [-0.4, -0.2) is 18.4 Å². The maximum atomic E-state index is 12.2. The zero-order chi connectivity index (χ0) is 18.4. The van der Waals surface area contributed by atoms with Crippen molar-refractivity contribution in [1.82, 2.24) is 5.32 Å². The van der Waals surface area contributed by atoms with Crippen molar-refractivity contribution in [3.63, 3.8) is 0 Å². The van der Waals surface area contributed by atoms with Crippen LogP contribution in [0.4, 0.5) is 5.69 Å². The predicted octanol–water partition coefficient (Wildman–Crippen LogP) is 3.36. The third-order valence-corrected chi connectivity index (χ3v) is 4.08. The van der Waals surface area contributed by atoms with Crippen molar-refractivity contribution < 1.29 is 9.59 Å². The second kappa shape index (κ2) is 8.65. The van der Waals surface area contributed by atoms with E-state index in [-0.39, 0.29) is 18.5 Å². The minimum atomic E-state index is -0.498. The zero-order valence-electron chi connectivity index (χ0n) is 14.3. The molecule has 0 radical (unpaired) electrons. The molecule has 0 saturated carbocycles. The molecule has 0 bridgehead atoms. The van der Waals surface area contributed by atoms with E-state index in [4.69, 9.17) is 17.3 Å². The maximum absolute atomic E-state index is 12.2. The van der Waals surface area contributed by atoms with Crippen LogP contribution in [0.25, 0.3) is 0 Å². The van der Waals surface area contributed by atoms with E-state index < -0.39 is 5.91 Å². The van der Waals surface area contributed by atoms with Gasteiger partial charge in [0, 0.05) is 22.3 Å². The smallest absolute Gasteiger partial charge is 0.248 e. The van der Waals surface area contributed by atoms with Crippen LogP contribution in [0.1, 0.15) is 35.8 Å². The van der Waals surface area contributed by atoms with Crippen LogP contribution in [0.15, 0.2) is 48.5 Å². The topological polar surface area (TPSA) is 84.2 Å². The monoisotopic (exact) mass is 359 g/mol. The molecule has 0 unspecified atom stereocenters. The van der Waals surface area contributed by atoms with Gasteiger partial charge in [-0.1, -0.05) is 37.6 Å². The van der Waals surface area contributed by atoms with Crippen molar-refractivity contribution in [2.75, 3.05) is 11.9 Å². The first-order valence-corrected chi connectivity index (χ1v) is 8.43. The number of nitrogens with two attached hydrogens (primary N) is 1. The Morgan fingerprint density at radius 3 is 2.16 bits per heavy atom. The van der Waals surface area contributed by atoms with Crippen molar-refractivity contribution in [2.24, 2.45) is 11.7 Å². The molecular formula is C19H22ClN3O2. The van der Waals surface area contributed by atoms with E-state index in [0.29, 0.717) is 22.2 Å². The molecule has 0 spiro atoms. The highest BCUT2D eigenvalue weighted by atomic mass is 35.5. The third kappa shape index (κ3) is 5.59. The number of benzene rings is 2. The van der Waals surface area contributed by atoms with Gasteiger partial charge < -0.3 is 16.4 Å². The Hall–Kier alpha value is -2.37. The van der Waals surface area contributed by atoms with E-state index in [1.165, 1.54) is 0 Å². The molecule has 5 nitrogen and oxygen atoms in total. The molecule has 132 valence electrons.